The summed E-state index contributed by atoms with van der Waals surface area (Å²) in [6.45, 7) is 0.807. The van der Waals surface area contributed by atoms with E-state index in [1.54, 1.807) is 4.90 Å². The molecule has 0 bridgehead atoms. The fraction of sp³-hybridized carbons (Fsp3) is 0.846. The maximum atomic E-state index is 12.2. The summed E-state index contributed by atoms with van der Waals surface area (Å²) in [4.78, 5) is 25.0. The van der Waals surface area contributed by atoms with E-state index >= 15 is 0 Å². The third kappa shape index (κ3) is 2.61. The van der Waals surface area contributed by atoms with E-state index in [0.717, 1.165) is 19.4 Å². The molecule has 0 aromatic carbocycles. The van der Waals surface area contributed by atoms with Crippen molar-refractivity contribution in [1.29, 1.82) is 0 Å². The van der Waals surface area contributed by atoms with E-state index < -0.39 is 11.9 Å². The van der Waals surface area contributed by atoms with Crippen molar-refractivity contribution in [2.45, 2.75) is 38.5 Å². The fourth-order valence-electron chi connectivity index (χ4n) is 2.99. The second kappa shape index (κ2) is 5.07. The highest BCUT2D eigenvalue weighted by Gasteiger charge is 2.39. The van der Waals surface area contributed by atoms with Gasteiger partial charge in [0.1, 0.15) is 0 Å². The van der Waals surface area contributed by atoms with Crippen LogP contribution < -0.4 is 0 Å². The number of carboxylic acid groups (broad SMARTS) is 1. The Kier molecular flexibility index (Phi) is 3.69. The van der Waals surface area contributed by atoms with E-state index in [0.29, 0.717) is 12.3 Å². The highest BCUT2D eigenvalue weighted by Crippen LogP contribution is 2.34. The monoisotopic (exact) mass is 239 g/mol. The molecule has 2 rings (SSSR count). The van der Waals surface area contributed by atoms with Crippen molar-refractivity contribution in [3.8, 4) is 0 Å². The predicted octanol–water partition coefficient (Wildman–Crippen LogP) is 1.75. The molecule has 2 aliphatic rings. The van der Waals surface area contributed by atoms with Gasteiger partial charge in [-0.2, -0.15) is 0 Å². The van der Waals surface area contributed by atoms with Gasteiger partial charge in [0.05, 0.1) is 11.8 Å². The van der Waals surface area contributed by atoms with Gasteiger partial charge in [-0.3, -0.25) is 9.59 Å². The van der Waals surface area contributed by atoms with Crippen molar-refractivity contribution in [1.82, 2.24) is 4.90 Å². The van der Waals surface area contributed by atoms with Crippen molar-refractivity contribution in [2.75, 3.05) is 13.6 Å². The van der Waals surface area contributed by atoms with Crippen molar-refractivity contribution in [3.05, 3.63) is 0 Å². The largest absolute Gasteiger partial charge is 0.481 e. The van der Waals surface area contributed by atoms with E-state index in [1.807, 2.05) is 7.05 Å². The van der Waals surface area contributed by atoms with Crippen LogP contribution in [-0.2, 0) is 9.59 Å². The lowest BCUT2D eigenvalue weighted by atomic mass is 9.84. The summed E-state index contributed by atoms with van der Waals surface area (Å²) in [6.07, 6.45) is 5.96. The van der Waals surface area contributed by atoms with E-state index in [9.17, 15) is 9.59 Å². The van der Waals surface area contributed by atoms with Gasteiger partial charge >= 0.3 is 5.97 Å². The lowest BCUT2D eigenvalue weighted by Crippen LogP contribution is -2.40. The number of hydrogen-bond donors (Lipinski definition) is 1. The van der Waals surface area contributed by atoms with Crippen molar-refractivity contribution in [2.24, 2.45) is 17.8 Å². The van der Waals surface area contributed by atoms with E-state index in [1.165, 1.54) is 19.3 Å². The Labute approximate surface area is 102 Å². The minimum absolute atomic E-state index is 0.0433. The maximum absolute atomic E-state index is 12.2. The molecule has 0 aliphatic heterocycles. The van der Waals surface area contributed by atoms with Gasteiger partial charge in [0, 0.05) is 13.6 Å². The van der Waals surface area contributed by atoms with E-state index in [2.05, 4.69) is 0 Å². The molecule has 2 saturated carbocycles. The molecule has 4 nitrogen and oxygen atoms in total. The number of nitrogens with zero attached hydrogens (tertiary/aromatic N) is 1. The van der Waals surface area contributed by atoms with Gasteiger partial charge in [-0.25, -0.2) is 0 Å². The zero-order valence-electron chi connectivity index (χ0n) is 10.4. The molecule has 2 atom stereocenters. The Hall–Kier alpha value is -1.06. The summed E-state index contributed by atoms with van der Waals surface area (Å²) in [5, 5.41) is 9.08. The average molecular weight is 239 g/mol. The first kappa shape index (κ1) is 12.4. The molecule has 96 valence electrons. The molecule has 0 aromatic rings. The fourth-order valence-corrected chi connectivity index (χ4v) is 2.99. The Balaban J connectivity index is 1.90. The molecule has 17 heavy (non-hydrogen) atoms. The summed E-state index contributed by atoms with van der Waals surface area (Å²) in [7, 11) is 1.82. The standard InChI is InChI=1S/C13H21NO3/c1-14(8-9-4-2-5-9)12(15)10-6-3-7-11(10)13(16)17/h9-11H,2-8H2,1H3,(H,16,17)/t10-,11+/m1/s1. The van der Waals surface area contributed by atoms with Crippen molar-refractivity contribution < 1.29 is 14.7 Å². The van der Waals surface area contributed by atoms with Gasteiger partial charge in [0.15, 0.2) is 0 Å². The third-order valence-electron chi connectivity index (χ3n) is 4.28. The number of carbonyl (C=O) groups is 2. The summed E-state index contributed by atoms with van der Waals surface area (Å²) in [5.74, 6) is -0.850. The van der Waals surface area contributed by atoms with Crippen LogP contribution in [0.15, 0.2) is 0 Å². The zero-order chi connectivity index (χ0) is 12.4. The summed E-state index contributed by atoms with van der Waals surface area (Å²) in [6, 6.07) is 0. The lowest BCUT2D eigenvalue weighted by molar-refractivity contribution is -0.148. The number of carbonyl (C=O) groups excluding carboxylic acids is 1. The van der Waals surface area contributed by atoms with Gasteiger partial charge in [0.25, 0.3) is 0 Å². The maximum Gasteiger partial charge on any atom is 0.307 e. The second-order valence-corrected chi connectivity index (χ2v) is 5.50. The van der Waals surface area contributed by atoms with Gasteiger partial charge in [-0.1, -0.05) is 12.8 Å². The molecule has 0 aromatic heterocycles. The quantitative estimate of drug-likeness (QED) is 0.813. The summed E-state index contributed by atoms with van der Waals surface area (Å²) < 4.78 is 0. The molecule has 1 amide bonds. The zero-order valence-corrected chi connectivity index (χ0v) is 10.4. The van der Waals surface area contributed by atoms with Crippen LogP contribution in [0.1, 0.15) is 38.5 Å². The molecule has 2 fully saturated rings. The van der Waals surface area contributed by atoms with E-state index in [4.69, 9.17) is 5.11 Å². The highest BCUT2D eigenvalue weighted by molar-refractivity contribution is 5.85. The minimum Gasteiger partial charge on any atom is -0.481 e. The van der Waals surface area contributed by atoms with Crippen LogP contribution >= 0.6 is 0 Å². The van der Waals surface area contributed by atoms with Crippen molar-refractivity contribution >= 4 is 11.9 Å². The van der Waals surface area contributed by atoms with Crippen molar-refractivity contribution in [3.63, 3.8) is 0 Å². The number of amides is 1. The molecule has 0 heterocycles. The summed E-state index contributed by atoms with van der Waals surface area (Å²) in [5.41, 5.74) is 0. The van der Waals surface area contributed by atoms with Crippen LogP contribution in [0.5, 0.6) is 0 Å². The molecule has 1 N–H and O–H groups in total. The lowest BCUT2D eigenvalue weighted by Gasteiger charge is -2.32. The molecular formula is C13H21NO3. The van der Waals surface area contributed by atoms with Gasteiger partial charge in [-0.15, -0.1) is 0 Å². The Morgan fingerprint density at radius 2 is 1.71 bits per heavy atom. The molecule has 0 saturated heterocycles. The highest BCUT2D eigenvalue weighted by atomic mass is 16.4. The van der Waals surface area contributed by atoms with Crippen LogP contribution in [0, 0.1) is 17.8 Å². The van der Waals surface area contributed by atoms with Gasteiger partial charge in [0.2, 0.25) is 5.91 Å². The number of aliphatic carboxylic acids is 1. The first-order valence-electron chi connectivity index (χ1n) is 6.57. The molecule has 4 heteroatoms. The van der Waals surface area contributed by atoms with Crippen LogP contribution in [-0.4, -0.2) is 35.5 Å². The van der Waals surface area contributed by atoms with Gasteiger partial charge < -0.3 is 10.0 Å². The Morgan fingerprint density at radius 3 is 2.24 bits per heavy atom. The summed E-state index contributed by atoms with van der Waals surface area (Å²) >= 11 is 0. The first-order chi connectivity index (χ1) is 8.09. The first-order valence-corrected chi connectivity index (χ1v) is 6.57. The number of carboxylic acids is 1. The average Bonchev–Trinajstić information content (AvgIpc) is 2.70. The van der Waals surface area contributed by atoms with Crippen LogP contribution in [0.4, 0.5) is 0 Å². The number of rotatable bonds is 4. The molecule has 2 aliphatic carbocycles. The van der Waals surface area contributed by atoms with E-state index in [-0.39, 0.29) is 11.8 Å². The Bertz CT molecular complexity index is 312. The Morgan fingerprint density at radius 1 is 1.12 bits per heavy atom. The molecule has 0 unspecified atom stereocenters. The predicted molar refractivity (Wildman–Crippen MR) is 63.4 cm³/mol. The topological polar surface area (TPSA) is 57.6 Å². The second-order valence-electron chi connectivity index (χ2n) is 5.50. The minimum atomic E-state index is -0.808. The SMILES string of the molecule is CN(CC1CCC1)C(=O)[C@@H]1CCC[C@@H]1C(=O)O. The van der Waals surface area contributed by atoms with Crippen LogP contribution in [0.2, 0.25) is 0 Å². The molecule has 0 spiro atoms. The number of hydrogen-bond acceptors (Lipinski definition) is 2. The van der Waals surface area contributed by atoms with Gasteiger partial charge in [-0.05, 0) is 31.6 Å². The normalized spacial score (nSPS) is 28.8. The van der Waals surface area contributed by atoms with Crippen LogP contribution in [0.3, 0.4) is 0 Å². The molecule has 0 radical (unpaired) electrons. The third-order valence-corrected chi connectivity index (χ3v) is 4.28. The van der Waals surface area contributed by atoms with Crippen LogP contribution in [0.25, 0.3) is 0 Å². The molecular weight excluding hydrogens is 218 g/mol. The smallest absolute Gasteiger partial charge is 0.307 e.